The van der Waals surface area contributed by atoms with Crippen molar-refractivity contribution in [2.24, 2.45) is 0 Å². The summed E-state index contributed by atoms with van der Waals surface area (Å²) in [6, 6.07) is 0. The van der Waals surface area contributed by atoms with Gasteiger partial charge in [0.2, 0.25) is 0 Å². The number of rotatable bonds is 3. The van der Waals surface area contributed by atoms with Crippen LogP contribution in [0.4, 0.5) is 5.82 Å². The molecular formula is C13H15N3S. The molecule has 2 aromatic rings. The molecule has 3 rings (SSSR count). The summed E-state index contributed by atoms with van der Waals surface area (Å²) in [6.45, 7) is 4.47. The quantitative estimate of drug-likeness (QED) is 0.844. The van der Waals surface area contributed by atoms with Crippen LogP contribution in [0.15, 0.2) is 19.0 Å². The van der Waals surface area contributed by atoms with Gasteiger partial charge in [0.1, 0.15) is 17.0 Å². The molecule has 2 heterocycles. The highest BCUT2D eigenvalue weighted by atomic mass is 32.1. The van der Waals surface area contributed by atoms with E-state index in [2.05, 4.69) is 21.9 Å². The van der Waals surface area contributed by atoms with Crippen molar-refractivity contribution in [3.8, 4) is 0 Å². The Morgan fingerprint density at radius 2 is 2.24 bits per heavy atom. The summed E-state index contributed by atoms with van der Waals surface area (Å²) >= 11 is 1.83. The molecule has 0 fully saturated rings. The van der Waals surface area contributed by atoms with E-state index >= 15 is 0 Å². The second-order valence-electron chi connectivity index (χ2n) is 4.28. The maximum absolute atomic E-state index is 4.40. The zero-order chi connectivity index (χ0) is 11.7. The number of aromatic nitrogens is 2. The molecule has 1 aliphatic rings. The molecule has 0 unspecified atom stereocenters. The predicted octanol–water partition coefficient (Wildman–Crippen LogP) is 3.17. The molecule has 0 saturated heterocycles. The Bertz CT molecular complexity index is 559. The standard InChI is InChI=1S/C13H15N3S/c1-2-7-14-12-11-9-5-3-4-6-10(9)17-13(11)16-8-15-12/h2,8H,1,3-7H2,(H,14,15,16). The van der Waals surface area contributed by atoms with Crippen LogP contribution >= 0.6 is 11.3 Å². The van der Waals surface area contributed by atoms with Gasteiger partial charge < -0.3 is 5.32 Å². The molecule has 0 spiro atoms. The van der Waals surface area contributed by atoms with E-state index < -0.39 is 0 Å². The molecular weight excluding hydrogens is 230 g/mol. The minimum absolute atomic E-state index is 0.747. The lowest BCUT2D eigenvalue weighted by atomic mass is 9.97. The molecule has 2 aromatic heterocycles. The summed E-state index contributed by atoms with van der Waals surface area (Å²) in [5.74, 6) is 0.967. The van der Waals surface area contributed by atoms with Gasteiger partial charge in [-0.1, -0.05) is 6.08 Å². The Kier molecular flexibility index (Phi) is 2.81. The third kappa shape index (κ3) is 1.82. The monoisotopic (exact) mass is 245 g/mol. The van der Waals surface area contributed by atoms with Gasteiger partial charge in [0.05, 0.1) is 5.39 Å². The lowest BCUT2D eigenvalue weighted by molar-refractivity contribution is 0.700. The van der Waals surface area contributed by atoms with Crippen molar-refractivity contribution in [3.05, 3.63) is 29.4 Å². The number of nitrogens with zero attached hydrogens (tertiary/aromatic N) is 2. The molecule has 0 atom stereocenters. The highest BCUT2D eigenvalue weighted by molar-refractivity contribution is 7.19. The van der Waals surface area contributed by atoms with Gasteiger partial charge in [0, 0.05) is 11.4 Å². The summed E-state index contributed by atoms with van der Waals surface area (Å²) in [5.41, 5.74) is 1.48. The van der Waals surface area contributed by atoms with Gasteiger partial charge in [-0.05, 0) is 31.2 Å². The highest BCUT2D eigenvalue weighted by Gasteiger charge is 2.19. The van der Waals surface area contributed by atoms with Crippen LogP contribution < -0.4 is 5.32 Å². The Morgan fingerprint density at radius 1 is 1.35 bits per heavy atom. The van der Waals surface area contributed by atoms with Crippen LogP contribution in [0, 0.1) is 0 Å². The molecule has 0 radical (unpaired) electrons. The van der Waals surface area contributed by atoms with Crippen LogP contribution in [0.3, 0.4) is 0 Å². The first kappa shape index (κ1) is 10.7. The smallest absolute Gasteiger partial charge is 0.138 e. The minimum Gasteiger partial charge on any atom is -0.366 e. The minimum atomic E-state index is 0.747. The Labute approximate surface area is 105 Å². The van der Waals surface area contributed by atoms with Crippen LogP contribution in [0.2, 0.25) is 0 Å². The molecule has 17 heavy (non-hydrogen) atoms. The lowest BCUT2D eigenvalue weighted by Crippen LogP contribution is -2.03. The lowest BCUT2D eigenvalue weighted by Gasteiger charge is -2.11. The average Bonchev–Trinajstić information content (AvgIpc) is 2.75. The van der Waals surface area contributed by atoms with E-state index in [9.17, 15) is 0 Å². The molecule has 1 aliphatic carbocycles. The Balaban J connectivity index is 2.15. The summed E-state index contributed by atoms with van der Waals surface area (Å²) in [4.78, 5) is 11.4. The van der Waals surface area contributed by atoms with E-state index in [0.29, 0.717) is 0 Å². The van der Waals surface area contributed by atoms with Gasteiger partial charge in [-0.15, -0.1) is 17.9 Å². The van der Waals surface area contributed by atoms with Crippen molar-refractivity contribution in [1.29, 1.82) is 0 Å². The van der Waals surface area contributed by atoms with Crippen LogP contribution in [0.5, 0.6) is 0 Å². The Morgan fingerprint density at radius 3 is 3.12 bits per heavy atom. The summed E-state index contributed by atoms with van der Waals surface area (Å²) in [7, 11) is 0. The van der Waals surface area contributed by atoms with Gasteiger partial charge in [0.15, 0.2) is 0 Å². The molecule has 1 N–H and O–H groups in total. The number of nitrogens with one attached hydrogen (secondary N) is 1. The summed E-state index contributed by atoms with van der Waals surface area (Å²) in [5, 5.41) is 4.56. The van der Waals surface area contributed by atoms with Gasteiger partial charge >= 0.3 is 0 Å². The van der Waals surface area contributed by atoms with E-state index in [1.54, 1.807) is 6.33 Å². The van der Waals surface area contributed by atoms with Crippen molar-refractivity contribution >= 4 is 27.4 Å². The van der Waals surface area contributed by atoms with Crippen molar-refractivity contribution in [2.45, 2.75) is 25.7 Å². The third-order valence-corrected chi connectivity index (χ3v) is 4.36. The second-order valence-corrected chi connectivity index (χ2v) is 5.37. The maximum atomic E-state index is 4.40. The molecule has 0 bridgehead atoms. The van der Waals surface area contributed by atoms with Crippen LogP contribution in [0.25, 0.3) is 10.2 Å². The number of fused-ring (bicyclic) bond motifs is 3. The summed E-state index contributed by atoms with van der Waals surface area (Å²) < 4.78 is 0. The topological polar surface area (TPSA) is 37.8 Å². The molecule has 4 heteroatoms. The molecule has 88 valence electrons. The number of anilines is 1. The first-order valence-corrected chi connectivity index (χ1v) is 6.82. The second kappa shape index (κ2) is 4.45. The normalized spacial score (nSPS) is 14.6. The average molecular weight is 245 g/mol. The predicted molar refractivity (Wildman–Crippen MR) is 72.7 cm³/mol. The molecule has 0 saturated carbocycles. The van der Waals surface area contributed by atoms with Crippen LogP contribution in [-0.2, 0) is 12.8 Å². The first-order valence-electron chi connectivity index (χ1n) is 6.00. The maximum Gasteiger partial charge on any atom is 0.138 e. The van der Waals surface area contributed by atoms with Gasteiger partial charge in [0.25, 0.3) is 0 Å². The first-order chi connectivity index (χ1) is 8.40. The van der Waals surface area contributed by atoms with Crippen molar-refractivity contribution < 1.29 is 0 Å². The van der Waals surface area contributed by atoms with Crippen LogP contribution in [-0.4, -0.2) is 16.5 Å². The zero-order valence-corrected chi connectivity index (χ0v) is 10.5. The third-order valence-electron chi connectivity index (χ3n) is 3.17. The van der Waals surface area contributed by atoms with Gasteiger partial charge in [-0.2, -0.15) is 0 Å². The van der Waals surface area contributed by atoms with Gasteiger partial charge in [-0.3, -0.25) is 0 Å². The largest absolute Gasteiger partial charge is 0.366 e. The van der Waals surface area contributed by atoms with Crippen molar-refractivity contribution in [2.75, 3.05) is 11.9 Å². The number of hydrogen-bond donors (Lipinski definition) is 1. The van der Waals surface area contributed by atoms with Crippen LogP contribution in [0.1, 0.15) is 23.3 Å². The molecule has 0 aromatic carbocycles. The fourth-order valence-corrected chi connectivity index (χ4v) is 3.62. The zero-order valence-electron chi connectivity index (χ0n) is 9.70. The number of thiophene rings is 1. The van der Waals surface area contributed by atoms with E-state index in [1.165, 1.54) is 41.5 Å². The van der Waals surface area contributed by atoms with E-state index in [0.717, 1.165) is 17.2 Å². The van der Waals surface area contributed by atoms with Crippen molar-refractivity contribution in [3.63, 3.8) is 0 Å². The van der Waals surface area contributed by atoms with E-state index in [-0.39, 0.29) is 0 Å². The SMILES string of the molecule is C=CCNc1ncnc2sc3c(c12)CCCC3. The van der Waals surface area contributed by atoms with E-state index in [1.807, 2.05) is 17.4 Å². The van der Waals surface area contributed by atoms with E-state index in [4.69, 9.17) is 0 Å². The molecule has 0 amide bonds. The number of hydrogen-bond acceptors (Lipinski definition) is 4. The van der Waals surface area contributed by atoms with Gasteiger partial charge in [-0.25, -0.2) is 9.97 Å². The Hall–Kier alpha value is -1.42. The fourth-order valence-electron chi connectivity index (χ4n) is 2.39. The number of aryl methyl sites for hydroxylation is 2. The molecule has 3 nitrogen and oxygen atoms in total. The molecule has 0 aliphatic heterocycles. The summed E-state index contributed by atoms with van der Waals surface area (Å²) in [6.07, 6.45) is 8.47. The highest BCUT2D eigenvalue weighted by Crippen LogP contribution is 2.37. The van der Waals surface area contributed by atoms with Crippen molar-refractivity contribution in [1.82, 2.24) is 9.97 Å². The fraction of sp³-hybridized carbons (Fsp3) is 0.385.